The van der Waals surface area contributed by atoms with E-state index in [0.29, 0.717) is 24.4 Å². The molecule has 0 spiro atoms. The van der Waals surface area contributed by atoms with Crippen molar-refractivity contribution in [3.8, 4) is 5.75 Å². The topological polar surface area (TPSA) is 41.6 Å². The van der Waals surface area contributed by atoms with Gasteiger partial charge in [-0.3, -0.25) is 4.79 Å². The number of nitrogens with zero attached hydrogens (tertiary/aromatic N) is 1. The number of rotatable bonds is 5. The van der Waals surface area contributed by atoms with E-state index in [1.165, 1.54) is 0 Å². The SMILES string of the molecule is COc1ccccc1CCC(=O)N1CCNCC1c1cccc(Cl)c1.Cl. The molecule has 0 bridgehead atoms. The molecule has 1 amide bonds. The fourth-order valence-corrected chi connectivity index (χ4v) is 3.51. The summed E-state index contributed by atoms with van der Waals surface area (Å²) < 4.78 is 5.38. The molecule has 1 saturated heterocycles. The van der Waals surface area contributed by atoms with Crippen molar-refractivity contribution < 1.29 is 9.53 Å². The van der Waals surface area contributed by atoms with Crippen LogP contribution >= 0.6 is 24.0 Å². The van der Waals surface area contributed by atoms with Gasteiger partial charge in [-0.25, -0.2) is 0 Å². The second-order valence-corrected chi connectivity index (χ2v) is 6.61. The maximum Gasteiger partial charge on any atom is 0.223 e. The monoisotopic (exact) mass is 394 g/mol. The molecule has 1 aliphatic heterocycles. The van der Waals surface area contributed by atoms with Crippen LogP contribution in [0.15, 0.2) is 48.5 Å². The average molecular weight is 395 g/mol. The lowest BCUT2D eigenvalue weighted by molar-refractivity contribution is -0.134. The van der Waals surface area contributed by atoms with Crippen LogP contribution in [0.5, 0.6) is 5.75 Å². The number of aryl methyl sites for hydroxylation is 1. The fourth-order valence-electron chi connectivity index (χ4n) is 3.31. The molecule has 4 nitrogen and oxygen atoms in total. The third-order valence-corrected chi connectivity index (χ3v) is 4.83. The number of ether oxygens (including phenoxy) is 1. The van der Waals surface area contributed by atoms with Crippen LogP contribution in [0.3, 0.4) is 0 Å². The van der Waals surface area contributed by atoms with E-state index >= 15 is 0 Å². The van der Waals surface area contributed by atoms with Crippen molar-refractivity contribution in [3.05, 3.63) is 64.7 Å². The molecule has 6 heteroatoms. The molecule has 0 aromatic heterocycles. The van der Waals surface area contributed by atoms with Crippen LogP contribution in [-0.4, -0.2) is 37.6 Å². The largest absolute Gasteiger partial charge is 0.496 e. The second kappa shape index (κ2) is 9.81. The van der Waals surface area contributed by atoms with Gasteiger partial charge in [-0.15, -0.1) is 12.4 Å². The molecule has 1 aliphatic rings. The standard InChI is InChI=1S/C20H23ClN2O2.ClH/c1-25-19-8-3-2-5-15(19)9-10-20(24)23-12-11-22-14-18(23)16-6-4-7-17(21)13-16;/h2-8,13,18,22H,9-12,14H2,1H3;1H. The Morgan fingerprint density at radius 3 is 2.85 bits per heavy atom. The predicted octanol–water partition coefficient (Wildman–Crippen LogP) is 3.88. The summed E-state index contributed by atoms with van der Waals surface area (Å²) in [6.45, 7) is 2.28. The Morgan fingerprint density at radius 1 is 1.27 bits per heavy atom. The van der Waals surface area contributed by atoms with Crippen molar-refractivity contribution in [2.24, 2.45) is 0 Å². The minimum absolute atomic E-state index is 0. The lowest BCUT2D eigenvalue weighted by Crippen LogP contribution is -2.48. The van der Waals surface area contributed by atoms with Gasteiger partial charge in [0.05, 0.1) is 13.2 Å². The van der Waals surface area contributed by atoms with E-state index < -0.39 is 0 Å². The van der Waals surface area contributed by atoms with Gasteiger partial charge in [0.1, 0.15) is 5.75 Å². The first-order valence-electron chi connectivity index (χ1n) is 8.56. The van der Waals surface area contributed by atoms with Crippen molar-refractivity contribution in [3.63, 3.8) is 0 Å². The van der Waals surface area contributed by atoms with E-state index in [4.69, 9.17) is 16.3 Å². The Labute approximate surface area is 165 Å². The molecule has 0 saturated carbocycles. The molecule has 2 aromatic rings. The summed E-state index contributed by atoms with van der Waals surface area (Å²) in [4.78, 5) is 14.8. The highest BCUT2D eigenvalue weighted by Crippen LogP contribution is 2.26. The van der Waals surface area contributed by atoms with E-state index in [-0.39, 0.29) is 24.4 Å². The van der Waals surface area contributed by atoms with Gasteiger partial charge in [0, 0.05) is 31.1 Å². The maximum absolute atomic E-state index is 12.9. The quantitative estimate of drug-likeness (QED) is 0.836. The van der Waals surface area contributed by atoms with Gasteiger partial charge < -0.3 is 15.0 Å². The van der Waals surface area contributed by atoms with Gasteiger partial charge in [-0.1, -0.05) is 41.9 Å². The number of benzene rings is 2. The zero-order chi connectivity index (χ0) is 17.6. The Kier molecular flexibility index (Phi) is 7.76. The number of para-hydroxylation sites is 1. The third-order valence-electron chi connectivity index (χ3n) is 4.60. The average Bonchev–Trinajstić information content (AvgIpc) is 2.66. The molecule has 2 aromatic carbocycles. The zero-order valence-corrected chi connectivity index (χ0v) is 16.4. The molecule has 1 heterocycles. The highest BCUT2D eigenvalue weighted by atomic mass is 35.5. The van der Waals surface area contributed by atoms with Crippen LogP contribution in [-0.2, 0) is 11.2 Å². The van der Waals surface area contributed by atoms with E-state index in [9.17, 15) is 4.79 Å². The summed E-state index contributed by atoms with van der Waals surface area (Å²) in [7, 11) is 1.66. The van der Waals surface area contributed by atoms with Gasteiger partial charge in [0.15, 0.2) is 0 Å². The number of carbonyl (C=O) groups excluding carboxylic acids is 1. The summed E-state index contributed by atoms with van der Waals surface area (Å²) in [6, 6.07) is 15.6. The number of methoxy groups -OCH3 is 1. The number of amides is 1. The van der Waals surface area contributed by atoms with Gasteiger partial charge in [0.25, 0.3) is 0 Å². The smallest absolute Gasteiger partial charge is 0.223 e. The number of hydrogen-bond donors (Lipinski definition) is 1. The molecule has 1 unspecified atom stereocenters. The lowest BCUT2D eigenvalue weighted by atomic mass is 10.0. The van der Waals surface area contributed by atoms with Gasteiger partial charge in [-0.05, 0) is 35.7 Å². The first-order chi connectivity index (χ1) is 12.2. The first-order valence-corrected chi connectivity index (χ1v) is 8.94. The van der Waals surface area contributed by atoms with Crippen molar-refractivity contribution in [2.45, 2.75) is 18.9 Å². The van der Waals surface area contributed by atoms with Crippen LogP contribution in [0.2, 0.25) is 5.02 Å². The molecule has 0 aliphatic carbocycles. The molecule has 0 radical (unpaired) electrons. The summed E-state index contributed by atoms with van der Waals surface area (Å²) in [5.74, 6) is 0.999. The van der Waals surface area contributed by atoms with Gasteiger partial charge >= 0.3 is 0 Å². The van der Waals surface area contributed by atoms with Crippen molar-refractivity contribution in [1.82, 2.24) is 10.2 Å². The molecular formula is C20H24Cl2N2O2. The van der Waals surface area contributed by atoms with Crippen molar-refractivity contribution in [1.29, 1.82) is 0 Å². The minimum atomic E-state index is 0. The predicted molar refractivity (Wildman–Crippen MR) is 107 cm³/mol. The summed E-state index contributed by atoms with van der Waals surface area (Å²) in [5.41, 5.74) is 2.14. The Hall–Kier alpha value is -1.75. The van der Waals surface area contributed by atoms with Gasteiger partial charge in [0.2, 0.25) is 5.91 Å². The number of piperazine rings is 1. The van der Waals surface area contributed by atoms with Crippen molar-refractivity contribution in [2.75, 3.05) is 26.7 Å². The minimum Gasteiger partial charge on any atom is -0.496 e. The van der Waals surface area contributed by atoms with Crippen LogP contribution in [0.1, 0.15) is 23.6 Å². The summed E-state index contributed by atoms with van der Waals surface area (Å²) in [5, 5.41) is 4.07. The van der Waals surface area contributed by atoms with E-state index in [1.54, 1.807) is 7.11 Å². The first kappa shape index (κ1) is 20.6. The molecule has 140 valence electrons. The highest BCUT2D eigenvalue weighted by Gasteiger charge is 2.27. The summed E-state index contributed by atoms with van der Waals surface area (Å²) in [6.07, 6.45) is 1.15. The molecular weight excluding hydrogens is 371 g/mol. The number of nitrogens with one attached hydrogen (secondary N) is 1. The number of halogens is 2. The molecule has 1 fully saturated rings. The third kappa shape index (κ3) is 4.91. The maximum atomic E-state index is 12.9. The van der Waals surface area contributed by atoms with E-state index in [1.807, 2.05) is 53.4 Å². The normalized spacial score (nSPS) is 16.7. The Morgan fingerprint density at radius 2 is 2.08 bits per heavy atom. The van der Waals surface area contributed by atoms with Crippen LogP contribution in [0.25, 0.3) is 0 Å². The molecule has 1 N–H and O–H groups in total. The molecule has 3 rings (SSSR count). The molecule has 26 heavy (non-hydrogen) atoms. The van der Waals surface area contributed by atoms with E-state index in [2.05, 4.69) is 5.32 Å². The number of carbonyl (C=O) groups is 1. The second-order valence-electron chi connectivity index (χ2n) is 6.17. The highest BCUT2D eigenvalue weighted by molar-refractivity contribution is 6.30. The van der Waals surface area contributed by atoms with Crippen molar-refractivity contribution >= 4 is 29.9 Å². The fraction of sp³-hybridized carbons (Fsp3) is 0.350. The van der Waals surface area contributed by atoms with Crippen LogP contribution < -0.4 is 10.1 Å². The van der Waals surface area contributed by atoms with Gasteiger partial charge in [-0.2, -0.15) is 0 Å². The van der Waals surface area contributed by atoms with Crippen LogP contribution in [0, 0.1) is 0 Å². The Bertz CT molecular complexity index is 739. The Balaban J connectivity index is 0.00000243. The number of hydrogen-bond acceptors (Lipinski definition) is 3. The van der Waals surface area contributed by atoms with E-state index in [0.717, 1.165) is 30.0 Å². The van der Waals surface area contributed by atoms with Crippen LogP contribution in [0.4, 0.5) is 0 Å². The zero-order valence-electron chi connectivity index (χ0n) is 14.8. The lowest BCUT2D eigenvalue weighted by Gasteiger charge is -2.36. The summed E-state index contributed by atoms with van der Waals surface area (Å²) >= 11 is 6.13. The molecule has 1 atom stereocenters.